The van der Waals surface area contributed by atoms with Crippen LogP contribution in [0.15, 0.2) is 30.3 Å². The first kappa shape index (κ1) is 32.1. The molecule has 1 rings (SSSR count). The van der Waals surface area contributed by atoms with E-state index in [1.807, 2.05) is 37.3 Å². The summed E-state index contributed by atoms with van der Waals surface area (Å²) < 4.78 is 10.2. The van der Waals surface area contributed by atoms with Crippen molar-refractivity contribution in [1.82, 2.24) is 21.3 Å². The lowest BCUT2D eigenvalue weighted by atomic mass is 10.1. The van der Waals surface area contributed by atoms with Gasteiger partial charge in [0, 0.05) is 33.3 Å². The normalized spacial score (nSPS) is 13.4. The predicted molar refractivity (Wildman–Crippen MR) is 140 cm³/mol. The van der Waals surface area contributed by atoms with Crippen LogP contribution in [0.4, 0.5) is 0 Å². The molecular formula is C27H38N4O7. The van der Waals surface area contributed by atoms with Crippen LogP contribution in [-0.2, 0) is 39.9 Å². The van der Waals surface area contributed by atoms with Crippen LogP contribution in [0, 0.1) is 11.8 Å². The number of hydrogen-bond acceptors (Lipinski definition) is 7. The minimum Gasteiger partial charge on any atom is -0.467 e. The van der Waals surface area contributed by atoms with E-state index in [0.717, 1.165) is 5.56 Å². The third-order valence-corrected chi connectivity index (χ3v) is 5.24. The first-order valence-electron chi connectivity index (χ1n) is 12.4. The monoisotopic (exact) mass is 530 g/mol. The number of carbonyl (C=O) groups excluding carboxylic acids is 5. The van der Waals surface area contributed by atoms with Gasteiger partial charge in [-0.1, -0.05) is 30.3 Å². The molecule has 0 radical (unpaired) electrons. The van der Waals surface area contributed by atoms with Crippen LogP contribution in [0.5, 0.6) is 0 Å². The van der Waals surface area contributed by atoms with Crippen molar-refractivity contribution in [2.45, 2.75) is 71.1 Å². The summed E-state index contributed by atoms with van der Waals surface area (Å²) in [5.41, 5.74) is 1.03. The van der Waals surface area contributed by atoms with E-state index in [4.69, 9.17) is 4.74 Å². The van der Waals surface area contributed by atoms with Gasteiger partial charge >= 0.3 is 5.97 Å². The highest BCUT2D eigenvalue weighted by atomic mass is 16.5. The maximum absolute atomic E-state index is 12.8. The fourth-order valence-electron chi connectivity index (χ4n) is 3.40. The van der Waals surface area contributed by atoms with Gasteiger partial charge in [-0.3, -0.25) is 19.2 Å². The predicted octanol–water partition coefficient (Wildman–Crippen LogP) is 0.221. The fraction of sp³-hybridized carbons (Fsp3) is 0.519. The van der Waals surface area contributed by atoms with Crippen molar-refractivity contribution >= 4 is 29.6 Å². The number of nitrogens with one attached hydrogen (secondary N) is 4. The molecule has 11 heteroatoms. The maximum atomic E-state index is 12.8. The molecule has 1 aromatic carbocycles. The number of esters is 1. The van der Waals surface area contributed by atoms with Crippen molar-refractivity contribution in [3.05, 3.63) is 35.9 Å². The van der Waals surface area contributed by atoms with Crippen LogP contribution in [-0.4, -0.2) is 74.1 Å². The number of benzene rings is 1. The number of carbonyl (C=O) groups is 5. The van der Waals surface area contributed by atoms with Crippen LogP contribution in [0.3, 0.4) is 0 Å². The smallest absolute Gasteiger partial charge is 0.329 e. The van der Waals surface area contributed by atoms with Crippen molar-refractivity contribution in [2.75, 3.05) is 20.3 Å². The van der Waals surface area contributed by atoms with Crippen LogP contribution in [0.1, 0.15) is 46.1 Å². The molecule has 0 aliphatic rings. The minimum absolute atomic E-state index is 0.0396. The van der Waals surface area contributed by atoms with Gasteiger partial charge in [0.05, 0.1) is 19.8 Å². The molecule has 4 atom stereocenters. The SMILES string of the molecule is CCOC[C@@H](Cc1ccccc1)NC(=O)[C@@H](C)NC(=O)C(CC#CCC(NC(C)=O)C(=O)OC)NC(C)=O. The molecule has 38 heavy (non-hydrogen) atoms. The van der Waals surface area contributed by atoms with Gasteiger partial charge < -0.3 is 30.7 Å². The highest BCUT2D eigenvalue weighted by Gasteiger charge is 2.25. The molecule has 0 bridgehead atoms. The summed E-state index contributed by atoms with van der Waals surface area (Å²) in [4.78, 5) is 60.4. The number of amides is 4. The third kappa shape index (κ3) is 12.9. The molecule has 11 nitrogen and oxygen atoms in total. The average molecular weight is 531 g/mol. The van der Waals surface area contributed by atoms with Gasteiger partial charge in [-0.2, -0.15) is 0 Å². The molecule has 4 amide bonds. The summed E-state index contributed by atoms with van der Waals surface area (Å²) >= 11 is 0. The van der Waals surface area contributed by atoms with Crippen molar-refractivity contribution in [3.8, 4) is 11.8 Å². The van der Waals surface area contributed by atoms with Crippen molar-refractivity contribution in [1.29, 1.82) is 0 Å². The number of rotatable bonds is 14. The minimum atomic E-state index is -1.03. The first-order chi connectivity index (χ1) is 18.1. The second-order valence-corrected chi connectivity index (χ2v) is 8.58. The lowest BCUT2D eigenvalue weighted by molar-refractivity contribution is -0.144. The Morgan fingerprint density at radius 1 is 0.842 bits per heavy atom. The standard InChI is InChI=1S/C27H38N4O7/c1-6-38-17-22(16-21-12-8-7-9-13-21)31-25(34)18(2)28-26(35)23(29-19(3)32)14-10-11-15-24(27(36)37-5)30-20(4)33/h7-9,12-13,18,22-24H,6,14-17H2,1-5H3,(H,28,35)(H,29,32)(H,30,33)(H,31,34)/t18-,22-,23?,24?/m1/s1. The molecule has 2 unspecified atom stereocenters. The quantitative estimate of drug-likeness (QED) is 0.198. The van der Waals surface area contributed by atoms with Crippen molar-refractivity contribution < 1.29 is 33.4 Å². The molecule has 1 aromatic rings. The van der Waals surface area contributed by atoms with Gasteiger partial charge in [0.2, 0.25) is 23.6 Å². The fourth-order valence-corrected chi connectivity index (χ4v) is 3.40. The van der Waals surface area contributed by atoms with E-state index in [2.05, 4.69) is 37.8 Å². The summed E-state index contributed by atoms with van der Waals surface area (Å²) in [5, 5.41) is 10.5. The lowest BCUT2D eigenvalue weighted by Gasteiger charge is -2.23. The Morgan fingerprint density at radius 2 is 1.42 bits per heavy atom. The summed E-state index contributed by atoms with van der Waals surface area (Å²) in [6.45, 7) is 6.74. The Labute approximate surface area is 223 Å². The van der Waals surface area contributed by atoms with Gasteiger partial charge in [0.25, 0.3) is 0 Å². The zero-order valence-electron chi connectivity index (χ0n) is 22.6. The summed E-state index contributed by atoms with van der Waals surface area (Å²) in [5.74, 6) is 2.95. The average Bonchev–Trinajstić information content (AvgIpc) is 2.87. The van der Waals surface area contributed by atoms with Gasteiger partial charge in [-0.15, -0.1) is 11.8 Å². The highest BCUT2D eigenvalue weighted by Crippen LogP contribution is 2.05. The Bertz CT molecular complexity index is 1000. The van der Waals surface area contributed by atoms with E-state index < -0.39 is 47.7 Å². The summed E-state index contributed by atoms with van der Waals surface area (Å²) in [7, 11) is 1.19. The topological polar surface area (TPSA) is 152 Å². The van der Waals surface area contributed by atoms with Crippen LogP contribution in [0.2, 0.25) is 0 Å². The zero-order valence-corrected chi connectivity index (χ0v) is 22.6. The molecule has 0 spiro atoms. The Hall–Kier alpha value is -3.91. The van der Waals surface area contributed by atoms with E-state index in [9.17, 15) is 24.0 Å². The lowest BCUT2D eigenvalue weighted by Crippen LogP contribution is -2.54. The highest BCUT2D eigenvalue weighted by molar-refractivity contribution is 5.91. The molecule has 0 saturated heterocycles. The van der Waals surface area contributed by atoms with E-state index in [1.54, 1.807) is 6.92 Å². The largest absolute Gasteiger partial charge is 0.467 e. The Kier molecular flexibility index (Phi) is 14.8. The second kappa shape index (κ2) is 17.5. The Balaban J connectivity index is 2.79. The third-order valence-electron chi connectivity index (χ3n) is 5.24. The molecule has 0 saturated carbocycles. The molecule has 0 aliphatic carbocycles. The van der Waals surface area contributed by atoms with Crippen molar-refractivity contribution in [2.24, 2.45) is 0 Å². The molecule has 0 heterocycles. The van der Waals surface area contributed by atoms with E-state index >= 15 is 0 Å². The van der Waals surface area contributed by atoms with Gasteiger partial charge in [0.15, 0.2) is 0 Å². The van der Waals surface area contributed by atoms with Gasteiger partial charge in [-0.05, 0) is 25.8 Å². The molecule has 0 aromatic heterocycles. The van der Waals surface area contributed by atoms with Crippen LogP contribution in [0.25, 0.3) is 0 Å². The molecule has 0 aliphatic heterocycles. The summed E-state index contributed by atoms with van der Waals surface area (Å²) in [6, 6.07) is 6.48. The van der Waals surface area contributed by atoms with Crippen LogP contribution >= 0.6 is 0 Å². The molecule has 208 valence electrons. The van der Waals surface area contributed by atoms with Crippen LogP contribution < -0.4 is 21.3 Å². The first-order valence-corrected chi connectivity index (χ1v) is 12.4. The number of ether oxygens (including phenoxy) is 2. The molecular weight excluding hydrogens is 492 g/mol. The zero-order chi connectivity index (χ0) is 28.5. The molecule has 0 fully saturated rings. The number of methoxy groups -OCH3 is 1. The second-order valence-electron chi connectivity index (χ2n) is 8.58. The van der Waals surface area contributed by atoms with Crippen molar-refractivity contribution in [3.63, 3.8) is 0 Å². The van der Waals surface area contributed by atoms with E-state index in [1.165, 1.54) is 21.0 Å². The molecule has 4 N–H and O–H groups in total. The Morgan fingerprint density at radius 3 is 1.97 bits per heavy atom. The van der Waals surface area contributed by atoms with Gasteiger partial charge in [0.1, 0.15) is 18.1 Å². The van der Waals surface area contributed by atoms with E-state index in [0.29, 0.717) is 19.6 Å². The van der Waals surface area contributed by atoms with Gasteiger partial charge in [-0.25, -0.2) is 4.79 Å². The summed E-state index contributed by atoms with van der Waals surface area (Å²) in [6.07, 6.45) is 0.444. The maximum Gasteiger partial charge on any atom is 0.329 e. The number of hydrogen-bond donors (Lipinski definition) is 4. The van der Waals surface area contributed by atoms with E-state index in [-0.39, 0.29) is 18.9 Å².